The minimum Gasteiger partial charge on any atom is -0.489 e. The summed E-state index contributed by atoms with van der Waals surface area (Å²) in [6.45, 7) is 4.30. The zero-order valence-corrected chi connectivity index (χ0v) is 23.4. The lowest BCUT2D eigenvalue weighted by Crippen LogP contribution is -2.54. The van der Waals surface area contributed by atoms with Crippen molar-refractivity contribution in [2.75, 3.05) is 4.90 Å². The van der Waals surface area contributed by atoms with Crippen LogP contribution in [0.3, 0.4) is 0 Å². The first-order valence-corrected chi connectivity index (χ1v) is 13.2. The van der Waals surface area contributed by atoms with E-state index in [2.05, 4.69) is 21.2 Å². The van der Waals surface area contributed by atoms with Crippen LogP contribution in [0.4, 0.5) is 10.5 Å². The van der Waals surface area contributed by atoms with Crippen molar-refractivity contribution < 1.29 is 19.1 Å². The molecule has 0 radical (unpaired) electrons. The summed E-state index contributed by atoms with van der Waals surface area (Å²) < 4.78 is 8.96. The van der Waals surface area contributed by atoms with Crippen LogP contribution in [0.5, 0.6) is 5.75 Å². The van der Waals surface area contributed by atoms with Gasteiger partial charge in [0.2, 0.25) is 0 Å². The Bertz CT molecular complexity index is 1630. The number of carbonyl (C=O) groups is 3. The van der Waals surface area contributed by atoms with Gasteiger partial charge in [0, 0.05) is 26.6 Å². The molecule has 7 nitrogen and oxygen atoms in total. The molecule has 4 aromatic rings. The van der Waals surface area contributed by atoms with Crippen LogP contribution in [-0.4, -0.2) is 22.4 Å². The minimum atomic E-state index is -0.822. The Morgan fingerprint density at radius 3 is 2.33 bits per heavy atom. The summed E-state index contributed by atoms with van der Waals surface area (Å²) in [6, 6.07) is 23.1. The second-order valence-electron chi connectivity index (χ2n) is 9.01. The third kappa shape index (κ3) is 5.53. The van der Waals surface area contributed by atoms with Crippen molar-refractivity contribution in [1.29, 1.82) is 0 Å². The third-order valence-corrected chi connectivity index (χ3v) is 7.12. The van der Waals surface area contributed by atoms with Crippen molar-refractivity contribution in [2.45, 2.75) is 20.5 Å². The second-order valence-corrected chi connectivity index (χ2v) is 10.4. The number of amides is 4. The molecule has 0 saturated carbocycles. The van der Waals surface area contributed by atoms with Crippen molar-refractivity contribution in [3.63, 3.8) is 0 Å². The number of hydrogen-bond donors (Lipinski definition) is 1. The summed E-state index contributed by atoms with van der Waals surface area (Å²) in [5, 5.41) is 2.61. The summed E-state index contributed by atoms with van der Waals surface area (Å²) in [5.74, 6) is -0.731. The van der Waals surface area contributed by atoms with Crippen molar-refractivity contribution in [1.82, 2.24) is 9.88 Å². The van der Waals surface area contributed by atoms with Gasteiger partial charge in [0.15, 0.2) is 0 Å². The maximum absolute atomic E-state index is 13.3. The molecule has 1 aliphatic heterocycles. The van der Waals surface area contributed by atoms with Gasteiger partial charge in [-0.2, -0.15) is 0 Å². The highest BCUT2D eigenvalue weighted by atomic mass is 79.9. The van der Waals surface area contributed by atoms with Gasteiger partial charge in [0.1, 0.15) is 17.9 Å². The zero-order chi connectivity index (χ0) is 27.7. The average Bonchev–Trinajstić information content (AvgIpc) is 3.19. The van der Waals surface area contributed by atoms with Gasteiger partial charge < -0.3 is 9.30 Å². The smallest absolute Gasteiger partial charge is 0.335 e. The molecule has 1 aliphatic rings. The molecule has 1 fully saturated rings. The molecule has 0 bridgehead atoms. The first-order valence-electron chi connectivity index (χ1n) is 12.0. The lowest BCUT2D eigenvalue weighted by atomic mass is 10.1. The number of benzene rings is 3. The van der Waals surface area contributed by atoms with Gasteiger partial charge >= 0.3 is 6.03 Å². The zero-order valence-electron chi connectivity index (χ0n) is 21.1. The number of ether oxygens (including phenoxy) is 1. The molecule has 1 saturated heterocycles. The van der Waals surface area contributed by atoms with Gasteiger partial charge in [-0.25, -0.2) is 9.69 Å². The highest BCUT2D eigenvalue weighted by Gasteiger charge is 2.37. The van der Waals surface area contributed by atoms with Crippen LogP contribution in [0.15, 0.2) is 88.9 Å². The van der Waals surface area contributed by atoms with Gasteiger partial charge in [-0.05, 0) is 91.7 Å². The summed E-state index contributed by atoms with van der Waals surface area (Å²) in [6.07, 6.45) is 1.51. The molecule has 4 amide bonds. The van der Waals surface area contributed by atoms with Crippen LogP contribution in [0, 0.1) is 13.8 Å². The Labute approximate surface area is 238 Å². The minimum absolute atomic E-state index is 0.147. The third-order valence-electron chi connectivity index (χ3n) is 6.35. The molecule has 3 aromatic carbocycles. The Kier molecular flexibility index (Phi) is 7.41. The van der Waals surface area contributed by atoms with E-state index in [1.807, 2.05) is 73.0 Å². The van der Waals surface area contributed by atoms with E-state index >= 15 is 0 Å². The van der Waals surface area contributed by atoms with Gasteiger partial charge in [0.25, 0.3) is 11.8 Å². The molecule has 0 unspecified atom stereocenters. The normalized spacial score (nSPS) is 14.6. The van der Waals surface area contributed by atoms with Crippen molar-refractivity contribution in [2.24, 2.45) is 0 Å². The molecule has 0 spiro atoms. The van der Waals surface area contributed by atoms with Crippen LogP contribution in [0.1, 0.15) is 22.5 Å². The number of carbonyl (C=O) groups excluding carboxylic acids is 3. The van der Waals surface area contributed by atoms with Gasteiger partial charge in [-0.15, -0.1) is 0 Å². The van der Waals surface area contributed by atoms with E-state index in [1.165, 1.54) is 12.1 Å². The standard InChI is InChI=1S/C30H23BrClN3O4/c1-18-14-21(15-27-28(36)33-30(38)35(29(27)37)25-5-3-4-23(32)16-25)19(2)34(18)24-10-12-26(13-11-24)39-17-20-6-8-22(31)9-7-20/h3-16H,17H2,1-2H3,(H,33,36,38)/b27-15+. The van der Waals surface area contributed by atoms with Crippen LogP contribution < -0.4 is 15.0 Å². The maximum Gasteiger partial charge on any atom is 0.335 e. The highest BCUT2D eigenvalue weighted by molar-refractivity contribution is 9.10. The van der Waals surface area contributed by atoms with Crippen LogP contribution in [-0.2, 0) is 16.2 Å². The van der Waals surface area contributed by atoms with E-state index < -0.39 is 17.8 Å². The molecule has 5 rings (SSSR count). The van der Waals surface area contributed by atoms with E-state index in [0.29, 0.717) is 17.2 Å². The SMILES string of the molecule is Cc1cc(/C=C2\C(=O)NC(=O)N(c3cccc(Cl)c3)C2=O)c(C)n1-c1ccc(OCc2ccc(Br)cc2)cc1. The number of aryl methyl sites for hydroxylation is 1. The summed E-state index contributed by atoms with van der Waals surface area (Å²) in [7, 11) is 0. The van der Waals surface area contributed by atoms with Crippen LogP contribution in [0.25, 0.3) is 11.8 Å². The number of anilines is 1. The number of rotatable bonds is 6. The van der Waals surface area contributed by atoms with E-state index in [9.17, 15) is 14.4 Å². The molecule has 1 aromatic heterocycles. The molecule has 2 heterocycles. The summed E-state index contributed by atoms with van der Waals surface area (Å²) in [4.78, 5) is 39.3. The molecule has 1 N–H and O–H groups in total. The second kappa shape index (κ2) is 10.9. The van der Waals surface area contributed by atoms with Crippen molar-refractivity contribution >= 4 is 57.1 Å². The summed E-state index contributed by atoms with van der Waals surface area (Å²) in [5.41, 5.74) is 4.52. The van der Waals surface area contributed by atoms with Gasteiger partial charge in [0.05, 0.1) is 5.69 Å². The fourth-order valence-corrected chi connectivity index (χ4v) is 4.88. The number of nitrogens with one attached hydrogen (secondary N) is 1. The Hall–Kier alpha value is -4.14. The lowest BCUT2D eigenvalue weighted by Gasteiger charge is -2.26. The first kappa shape index (κ1) is 26.5. The van der Waals surface area contributed by atoms with E-state index in [1.54, 1.807) is 18.2 Å². The molecule has 196 valence electrons. The highest BCUT2D eigenvalue weighted by Crippen LogP contribution is 2.28. The predicted molar refractivity (Wildman–Crippen MR) is 154 cm³/mol. The van der Waals surface area contributed by atoms with Crippen LogP contribution in [0.2, 0.25) is 5.02 Å². The summed E-state index contributed by atoms with van der Waals surface area (Å²) >= 11 is 9.48. The number of aromatic nitrogens is 1. The monoisotopic (exact) mass is 603 g/mol. The molecular weight excluding hydrogens is 582 g/mol. The number of nitrogens with zero attached hydrogens (tertiary/aromatic N) is 2. The van der Waals surface area contributed by atoms with E-state index in [-0.39, 0.29) is 11.3 Å². The predicted octanol–water partition coefficient (Wildman–Crippen LogP) is 6.76. The molecule has 0 aliphatic carbocycles. The number of halogens is 2. The van der Waals surface area contributed by atoms with E-state index in [4.69, 9.17) is 16.3 Å². The van der Waals surface area contributed by atoms with Crippen molar-refractivity contribution in [3.05, 3.63) is 116 Å². The first-order chi connectivity index (χ1) is 18.7. The van der Waals surface area contributed by atoms with E-state index in [0.717, 1.165) is 37.8 Å². The van der Waals surface area contributed by atoms with Gasteiger partial charge in [-0.3, -0.25) is 14.9 Å². The Morgan fingerprint density at radius 1 is 0.923 bits per heavy atom. The average molecular weight is 605 g/mol. The largest absolute Gasteiger partial charge is 0.489 e. The molecular formula is C30H23BrClN3O4. The number of urea groups is 1. The van der Waals surface area contributed by atoms with Gasteiger partial charge in [-0.1, -0.05) is 45.7 Å². The van der Waals surface area contributed by atoms with Crippen LogP contribution >= 0.6 is 27.5 Å². The lowest BCUT2D eigenvalue weighted by molar-refractivity contribution is -0.122. The number of hydrogen-bond acceptors (Lipinski definition) is 4. The Morgan fingerprint density at radius 2 is 1.64 bits per heavy atom. The fraction of sp³-hybridized carbons (Fsp3) is 0.100. The Balaban J connectivity index is 1.39. The molecule has 9 heteroatoms. The topological polar surface area (TPSA) is 80.6 Å². The maximum atomic E-state index is 13.3. The number of imide groups is 2. The molecule has 0 atom stereocenters. The molecule has 39 heavy (non-hydrogen) atoms. The fourth-order valence-electron chi connectivity index (χ4n) is 4.43. The van der Waals surface area contributed by atoms with Crippen molar-refractivity contribution in [3.8, 4) is 11.4 Å². The number of barbiturate groups is 1. The quantitative estimate of drug-likeness (QED) is 0.195.